The molecule has 0 bridgehead atoms. The van der Waals surface area contributed by atoms with Gasteiger partial charge in [0.25, 0.3) is 0 Å². The maximum atomic E-state index is 14.0. The summed E-state index contributed by atoms with van der Waals surface area (Å²) in [6.45, 7) is 3.78. The summed E-state index contributed by atoms with van der Waals surface area (Å²) in [6.07, 6.45) is -0.984. The Morgan fingerprint density at radius 1 is 0.895 bits per heavy atom. The smallest absolute Gasteiger partial charge is 0.338 e. The van der Waals surface area contributed by atoms with Crippen LogP contribution >= 0.6 is 0 Å². The number of hydrogen-bond acceptors (Lipinski definition) is 7. The van der Waals surface area contributed by atoms with Crippen molar-refractivity contribution in [2.45, 2.75) is 25.6 Å². The molecule has 190 valence electrons. The Labute approximate surface area is 218 Å². The highest BCUT2D eigenvalue weighted by Crippen LogP contribution is 2.57. The summed E-state index contributed by atoms with van der Waals surface area (Å²) in [5.41, 5.74) is 0.236. The number of rotatable bonds is 4. The Morgan fingerprint density at radius 3 is 2.16 bits per heavy atom. The molecule has 2 amide bonds. The van der Waals surface area contributed by atoms with Gasteiger partial charge in [0.05, 0.1) is 35.8 Å². The summed E-state index contributed by atoms with van der Waals surface area (Å²) in [5, 5.41) is 0. The topological polar surface area (TPSA) is 107 Å². The van der Waals surface area contributed by atoms with Crippen LogP contribution in [-0.4, -0.2) is 41.6 Å². The average molecular weight is 510 g/mol. The van der Waals surface area contributed by atoms with E-state index in [1.54, 1.807) is 31.2 Å². The second kappa shape index (κ2) is 8.56. The molecule has 1 aliphatic carbocycles. The molecule has 0 unspecified atom stereocenters. The SMILES string of the molecule is CCOC(=O)c1ccc(N2C(=O)[C@H]3[C@@H](c4cccc(C)c4)OC4(C(=O)c5ccccc5C4=O)[C@H]3C2=O)cc1. The molecule has 3 atom stereocenters. The fourth-order valence-electron chi connectivity index (χ4n) is 5.88. The number of esters is 1. The third-order valence-corrected chi connectivity index (χ3v) is 7.53. The van der Waals surface area contributed by atoms with Crippen LogP contribution in [0.15, 0.2) is 72.8 Å². The van der Waals surface area contributed by atoms with Gasteiger partial charge in [-0.3, -0.25) is 19.2 Å². The van der Waals surface area contributed by atoms with E-state index in [9.17, 15) is 24.0 Å². The largest absolute Gasteiger partial charge is 0.462 e. The van der Waals surface area contributed by atoms with Crippen LogP contribution in [0.3, 0.4) is 0 Å². The normalized spacial score (nSPS) is 23.2. The summed E-state index contributed by atoms with van der Waals surface area (Å²) in [4.78, 5) is 68.6. The Kier molecular flexibility index (Phi) is 5.39. The zero-order valence-electron chi connectivity index (χ0n) is 20.7. The minimum atomic E-state index is -2.13. The molecule has 2 fully saturated rings. The van der Waals surface area contributed by atoms with E-state index >= 15 is 0 Å². The number of imide groups is 1. The quantitative estimate of drug-likeness (QED) is 0.299. The Bertz CT molecular complexity index is 1510. The first kappa shape index (κ1) is 23.9. The van der Waals surface area contributed by atoms with E-state index in [2.05, 4.69) is 0 Å². The molecule has 2 heterocycles. The Hall–Kier alpha value is -4.43. The van der Waals surface area contributed by atoms with E-state index in [1.165, 1.54) is 36.4 Å². The van der Waals surface area contributed by atoms with E-state index in [-0.39, 0.29) is 29.0 Å². The van der Waals surface area contributed by atoms with E-state index in [1.807, 2.05) is 19.1 Å². The maximum Gasteiger partial charge on any atom is 0.338 e. The third kappa shape index (κ3) is 3.16. The van der Waals surface area contributed by atoms with Crippen LogP contribution in [-0.2, 0) is 19.1 Å². The molecule has 8 heteroatoms. The summed E-state index contributed by atoms with van der Waals surface area (Å²) in [7, 11) is 0. The highest BCUT2D eigenvalue weighted by molar-refractivity contribution is 6.37. The van der Waals surface area contributed by atoms with Crippen LogP contribution in [0.2, 0.25) is 0 Å². The van der Waals surface area contributed by atoms with Gasteiger partial charge >= 0.3 is 5.97 Å². The lowest BCUT2D eigenvalue weighted by atomic mass is 9.77. The zero-order chi connectivity index (χ0) is 26.8. The van der Waals surface area contributed by atoms with Crippen molar-refractivity contribution in [2.75, 3.05) is 11.5 Å². The lowest BCUT2D eigenvalue weighted by Gasteiger charge is -2.27. The minimum Gasteiger partial charge on any atom is -0.462 e. The van der Waals surface area contributed by atoms with Gasteiger partial charge in [-0.1, -0.05) is 54.1 Å². The van der Waals surface area contributed by atoms with E-state index in [0.717, 1.165) is 10.5 Å². The first-order valence-corrected chi connectivity index (χ1v) is 12.4. The van der Waals surface area contributed by atoms with Gasteiger partial charge in [0.15, 0.2) is 0 Å². The molecule has 1 spiro atoms. The molecule has 38 heavy (non-hydrogen) atoms. The second-order valence-corrected chi connectivity index (χ2v) is 9.67. The molecular formula is C30H23NO7. The first-order valence-electron chi connectivity index (χ1n) is 12.4. The number of amides is 2. The van der Waals surface area contributed by atoms with Crippen molar-refractivity contribution >= 4 is 35.0 Å². The molecule has 2 aliphatic heterocycles. The highest BCUT2D eigenvalue weighted by Gasteiger charge is 2.74. The predicted molar refractivity (Wildman–Crippen MR) is 135 cm³/mol. The zero-order valence-corrected chi connectivity index (χ0v) is 20.7. The van der Waals surface area contributed by atoms with Gasteiger partial charge < -0.3 is 9.47 Å². The number of hydrogen-bond donors (Lipinski definition) is 0. The molecule has 0 radical (unpaired) electrons. The van der Waals surface area contributed by atoms with Crippen molar-refractivity contribution in [1.82, 2.24) is 0 Å². The third-order valence-electron chi connectivity index (χ3n) is 7.53. The number of aryl methyl sites for hydroxylation is 1. The summed E-state index contributed by atoms with van der Waals surface area (Å²) in [6, 6.07) is 19.5. The van der Waals surface area contributed by atoms with Crippen LogP contribution in [0.4, 0.5) is 5.69 Å². The molecule has 3 aliphatic rings. The van der Waals surface area contributed by atoms with Crippen LogP contribution in [0.25, 0.3) is 0 Å². The molecule has 3 aromatic rings. The standard InChI is InChI=1S/C30H23NO7/c1-3-37-29(36)17-11-13-19(14-12-17)31-27(34)22-23(28(31)35)30(38-24(22)18-8-6-7-16(2)15-18)25(32)20-9-4-5-10-21(20)26(30)33/h4-15,22-24H,3H2,1-2H3/t22-,23-,24-/m1/s1. The Balaban J connectivity index is 1.47. The van der Waals surface area contributed by atoms with Crippen molar-refractivity contribution in [1.29, 1.82) is 0 Å². The summed E-state index contributed by atoms with van der Waals surface area (Å²) < 4.78 is 11.3. The van der Waals surface area contributed by atoms with Crippen molar-refractivity contribution in [3.05, 3.63) is 101 Å². The molecule has 0 saturated carbocycles. The monoisotopic (exact) mass is 509 g/mol. The van der Waals surface area contributed by atoms with Crippen molar-refractivity contribution < 1.29 is 33.4 Å². The number of Topliss-reactive ketones (excluding diaryl/α,β-unsaturated/α-hetero) is 2. The number of fused-ring (bicyclic) bond motifs is 3. The number of anilines is 1. The second-order valence-electron chi connectivity index (χ2n) is 9.67. The van der Waals surface area contributed by atoms with Crippen LogP contribution < -0.4 is 4.90 Å². The predicted octanol–water partition coefficient (Wildman–Crippen LogP) is 3.87. The van der Waals surface area contributed by atoms with E-state index < -0.39 is 52.9 Å². The van der Waals surface area contributed by atoms with Crippen LogP contribution in [0.1, 0.15) is 55.2 Å². The van der Waals surface area contributed by atoms with Crippen molar-refractivity contribution in [2.24, 2.45) is 11.8 Å². The molecule has 0 N–H and O–H groups in total. The van der Waals surface area contributed by atoms with Gasteiger partial charge in [-0.05, 0) is 43.7 Å². The number of benzene rings is 3. The Morgan fingerprint density at radius 2 is 1.55 bits per heavy atom. The van der Waals surface area contributed by atoms with Gasteiger partial charge in [0.1, 0.15) is 0 Å². The molecule has 8 nitrogen and oxygen atoms in total. The molecule has 2 saturated heterocycles. The summed E-state index contributed by atoms with van der Waals surface area (Å²) >= 11 is 0. The number of carbonyl (C=O) groups excluding carboxylic acids is 5. The number of ether oxygens (including phenoxy) is 2. The van der Waals surface area contributed by atoms with Crippen molar-refractivity contribution in [3.8, 4) is 0 Å². The molecule has 6 rings (SSSR count). The van der Waals surface area contributed by atoms with E-state index in [4.69, 9.17) is 9.47 Å². The van der Waals surface area contributed by atoms with Gasteiger partial charge in [0, 0.05) is 11.1 Å². The lowest BCUT2D eigenvalue weighted by molar-refractivity contribution is -0.127. The van der Waals surface area contributed by atoms with Crippen molar-refractivity contribution in [3.63, 3.8) is 0 Å². The van der Waals surface area contributed by atoms with Crippen LogP contribution in [0, 0.1) is 18.8 Å². The number of ketones is 2. The van der Waals surface area contributed by atoms with Gasteiger partial charge in [0.2, 0.25) is 29.0 Å². The highest BCUT2D eigenvalue weighted by atomic mass is 16.5. The molecular weight excluding hydrogens is 486 g/mol. The average Bonchev–Trinajstić information content (AvgIpc) is 3.49. The summed E-state index contributed by atoms with van der Waals surface area (Å²) in [5.74, 6) is -5.42. The molecule has 0 aromatic heterocycles. The maximum absolute atomic E-state index is 14.0. The van der Waals surface area contributed by atoms with E-state index in [0.29, 0.717) is 5.56 Å². The van der Waals surface area contributed by atoms with Gasteiger partial charge in [-0.25, -0.2) is 9.69 Å². The fourth-order valence-corrected chi connectivity index (χ4v) is 5.88. The first-order chi connectivity index (χ1) is 18.3. The molecule has 3 aromatic carbocycles. The van der Waals surface area contributed by atoms with Crippen LogP contribution in [0.5, 0.6) is 0 Å². The fraction of sp³-hybridized carbons (Fsp3) is 0.233. The lowest BCUT2D eigenvalue weighted by Crippen LogP contribution is -2.51. The number of carbonyl (C=O) groups is 5. The van der Waals surface area contributed by atoms with Gasteiger partial charge in [-0.2, -0.15) is 0 Å². The number of nitrogens with zero attached hydrogens (tertiary/aromatic N) is 1. The van der Waals surface area contributed by atoms with Gasteiger partial charge in [-0.15, -0.1) is 0 Å². The minimum absolute atomic E-state index is 0.179.